The normalized spacial score (nSPS) is 19.5. The first-order chi connectivity index (χ1) is 11.1. The van der Waals surface area contributed by atoms with E-state index < -0.39 is 10.0 Å². The molecule has 1 aromatic rings. The summed E-state index contributed by atoms with van der Waals surface area (Å²) >= 11 is 0. The van der Waals surface area contributed by atoms with Crippen LogP contribution in [0.25, 0.3) is 0 Å². The van der Waals surface area contributed by atoms with Crippen molar-refractivity contribution in [1.82, 2.24) is 9.62 Å². The largest absolute Gasteiger partial charge is 0.379 e. The first kappa shape index (κ1) is 16.4. The molecule has 1 aromatic carbocycles. The van der Waals surface area contributed by atoms with Gasteiger partial charge in [0, 0.05) is 25.6 Å². The number of carbonyl (C=O) groups excluding carboxylic acids is 1. The van der Waals surface area contributed by atoms with Gasteiger partial charge >= 0.3 is 0 Å². The van der Waals surface area contributed by atoms with Crippen molar-refractivity contribution < 1.29 is 17.9 Å². The van der Waals surface area contributed by atoms with Gasteiger partial charge in [0.25, 0.3) is 0 Å². The fraction of sp³-hybridized carbons (Fsp3) is 0.562. The van der Waals surface area contributed by atoms with E-state index in [9.17, 15) is 13.2 Å². The Balaban J connectivity index is 1.58. The number of aryl methyl sites for hydroxylation is 1. The molecule has 1 saturated carbocycles. The molecule has 1 heterocycles. The Morgan fingerprint density at radius 3 is 2.43 bits per heavy atom. The molecular weight excluding hydrogens is 316 g/mol. The second kappa shape index (κ2) is 6.98. The van der Waals surface area contributed by atoms with E-state index in [1.807, 2.05) is 0 Å². The van der Waals surface area contributed by atoms with Crippen molar-refractivity contribution in [3.05, 3.63) is 29.8 Å². The van der Waals surface area contributed by atoms with Gasteiger partial charge in [-0.05, 0) is 37.0 Å². The van der Waals surface area contributed by atoms with Crippen LogP contribution in [0.3, 0.4) is 0 Å². The summed E-state index contributed by atoms with van der Waals surface area (Å²) in [6.45, 7) is 1.66. The van der Waals surface area contributed by atoms with Crippen LogP contribution in [-0.2, 0) is 26.0 Å². The molecule has 0 radical (unpaired) electrons. The van der Waals surface area contributed by atoms with Crippen molar-refractivity contribution >= 4 is 15.9 Å². The minimum atomic E-state index is -3.44. The lowest BCUT2D eigenvalue weighted by Gasteiger charge is -2.26. The van der Waals surface area contributed by atoms with Crippen molar-refractivity contribution in [3.8, 4) is 0 Å². The molecule has 0 atom stereocenters. The molecule has 7 heteroatoms. The zero-order valence-electron chi connectivity index (χ0n) is 13.0. The second-order valence-corrected chi connectivity index (χ2v) is 7.94. The maximum Gasteiger partial charge on any atom is 0.243 e. The number of nitrogens with zero attached hydrogens (tertiary/aromatic N) is 1. The number of hydrogen-bond donors (Lipinski definition) is 1. The molecule has 1 N–H and O–H groups in total. The molecule has 1 aliphatic carbocycles. The molecule has 0 bridgehead atoms. The highest BCUT2D eigenvalue weighted by atomic mass is 32.2. The van der Waals surface area contributed by atoms with Gasteiger partial charge in [-0.1, -0.05) is 12.1 Å². The highest BCUT2D eigenvalue weighted by molar-refractivity contribution is 7.89. The van der Waals surface area contributed by atoms with Crippen LogP contribution < -0.4 is 5.32 Å². The SMILES string of the molecule is O=C(CCc1ccc(S(=O)(=O)N2CCOCC2)cc1)NC1CC1. The van der Waals surface area contributed by atoms with Gasteiger partial charge in [-0.15, -0.1) is 0 Å². The van der Waals surface area contributed by atoms with Crippen molar-refractivity contribution in [2.45, 2.75) is 36.6 Å². The third-order valence-electron chi connectivity index (χ3n) is 4.11. The van der Waals surface area contributed by atoms with Gasteiger partial charge in [0.2, 0.25) is 15.9 Å². The summed E-state index contributed by atoms with van der Waals surface area (Å²) < 4.78 is 31.6. The van der Waals surface area contributed by atoms with Crippen LogP contribution in [0.2, 0.25) is 0 Å². The van der Waals surface area contributed by atoms with E-state index in [-0.39, 0.29) is 5.91 Å². The summed E-state index contributed by atoms with van der Waals surface area (Å²) in [6.07, 6.45) is 3.22. The number of nitrogens with one attached hydrogen (secondary N) is 1. The quantitative estimate of drug-likeness (QED) is 0.837. The molecular formula is C16H22N2O4S. The van der Waals surface area contributed by atoms with E-state index in [1.54, 1.807) is 24.3 Å². The van der Waals surface area contributed by atoms with E-state index in [4.69, 9.17) is 4.74 Å². The third kappa shape index (κ3) is 4.31. The standard InChI is InChI=1S/C16H22N2O4S/c19-16(17-14-4-5-14)8-3-13-1-6-15(7-2-13)23(20,21)18-9-11-22-12-10-18/h1-2,6-7,14H,3-5,8-12H2,(H,17,19). The molecule has 0 aromatic heterocycles. The van der Waals surface area contributed by atoms with Crippen LogP contribution in [0, 0.1) is 0 Å². The van der Waals surface area contributed by atoms with E-state index in [0.29, 0.717) is 50.1 Å². The second-order valence-electron chi connectivity index (χ2n) is 6.00. The monoisotopic (exact) mass is 338 g/mol. The molecule has 1 saturated heterocycles. The average molecular weight is 338 g/mol. The van der Waals surface area contributed by atoms with Crippen molar-refractivity contribution in [2.24, 2.45) is 0 Å². The fourth-order valence-corrected chi connectivity index (χ4v) is 3.96. The molecule has 3 rings (SSSR count). The van der Waals surface area contributed by atoms with Crippen molar-refractivity contribution in [3.63, 3.8) is 0 Å². The maximum absolute atomic E-state index is 12.5. The van der Waals surface area contributed by atoms with Crippen LogP contribution in [-0.4, -0.2) is 51.0 Å². The lowest BCUT2D eigenvalue weighted by Crippen LogP contribution is -2.40. The molecule has 126 valence electrons. The van der Waals surface area contributed by atoms with Crippen molar-refractivity contribution in [1.29, 1.82) is 0 Å². The minimum Gasteiger partial charge on any atom is -0.379 e. The topological polar surface area (TPSA) is 75.7 Å². The molecule has 2 fully saturated rings. The first-order valence-electron chi connectivity index (χ1n) is 8.02. The number of carbonyl (C=O) groups is 1. The van der Waals surface area contributed by atoms with Gasteiger partial charge in [-0.25, -0.2) is 8.42 Å². The van der Waals surface area contributed by atoms with Crippen molar-refractivity contribution in [2.75, 3.05) is 26.3 Å². The molecule has 0 unspecified atom stereocenters. The number of sulfonamides is 1. The van der Waals surface area contributed by atoms with E-state index in [2.05, 4.69) is 5.32 Å². The van der Waals surface area contributed by atoms with E-state index >= 15 is 0 Å². The average Bonchev–Trinajstić information content (AvgIpc) is 3.38. The minimum absolute atomic E-state index is 0.0671. The molecule has 6 nitrogen and oxygen atoms in total. The van der Waals surface area contributed by atoms with Gasteiger partial charge < -0.3 is 10.1 Å². The molecule has 1 aliphatic heterocycles. The van der Waals surface area contributed by atoms with Crippen LogP contribution in [0.5, 0.6) is 0 Å². The fourth-order valence-electron chi connectivity index (χ4n) is 2.55. The summed E-state index contributed by atoms with van der Waals surface area (Å²) in [5.41, 5.74) is 0.969. The summed E-state index contributed by atoms with van der Waals surface area (Å²) in [4.78, 5) is 12.0. The summed E-state index contributed by atoms with van der Waals surface area (Å²) in [7, 11) is -3.44. The van der Waals surface area contributed by atoms with E-state index in [1.165, 1.54) is 4.31 Å². The Hall–Kier alpha value is -1.44. The number of morpholine rings is 1. The Kier molecular flexibility index (Phi) is 4.99. The Bertz CT molecular complexity index is 647. The number of ether oxygens (including phenoxy) is 1. The first-order valence-corrected chi connectivity index (χ1v) is 9.46. The van der Waals surface area contributed by atoms with Crippen LogP contribution in [0.4, 0.5) is 0 Å². The smallest absolute Gasteiger partial charge is 0.243 e. The molecule has 23 heavy (non-hydrogen) atoms. The summed E-state index contributed by atoms with van der Waals surface area (Å²) in [5, 5.41) is 2.95. The number of rotatable bonds is 6. The Morgan fingerprint density at radius 1 is 1.17 bits per heavy atom. The molecule has 1 amide bonds. The van der Waals surface area contributed by atoms with Gasteiger partial charge in [0.05, 0.1) is 18.1 Å². The van der Waals surface area contributed by atoms with Crippen LogP contribution in [0.15, 0.2) is 29.2 Å². The highest BCUT2D eigenvalue weighted by Gasteiger charge is 2.26. The van der Waals surface area contributed by atoms with Gasteiger partial charge in [-0.3, -0.25) is 4.79 Å². The Morgan fingerprint density at radius 2 is 1.83 bits per heavy atom. The predicted octanol–water partition coefficient (Wildman–Crippen LogP) is 0.919. The number of hydrogen-bond acceptors (Lipinski definition) is 4. The zero-order chi connectivity index (χ0) is 16.3. The third-order valence-corrected chi connectivity index (χ3v) is 6.03. The summed E-state index contributed by atoms with van der Waals surface area (Å²) in [6, 6.07) is 7.20. The highest BCUT2D eigenvalue weighted by Crippen LogP contribution is 2.20. The Labute approximate surface area is 136 Å². The molecule has 2 aliphatic rings. The van der Waals surface area contributed by atoms with Crippen LogP contribution >= 0.6 is 0 Å². The zero-order valence-corrected chi connectivity index (χ0v) is 13.8. The van der Waals surface area contributed by atoms with Gasteiger partial charge in [-0.2, -0.15) is 4.31 Å². The van der Waals surface area contributed by atoms with Crippen LogP contribution in [0.1, 0.15) is 24.8 Å². The number of benzene rings is 1. The van der Waals surface area contributed by atoms with Gasteiger partial charge in [0.1, 0.15) is 0 Å². The lowest BCUT2D eigenvalue weighted by molar-refractivity contribution is -0.121. The van der Waals surface area contributed by atoms with E-state index in [0.717, 1.165) is 18.4 Å². The molecule has 0 spiro atoms. The predicted molar refractivity (Wildman–Crippen MR) is 85.5 cm³/mol. The lowest BCUT2D eigenvalue weighted by atomic mass is 10.1. The maximum atomic E-state index is 12.5. The number of amides is 1. The summed E-state index contributed by atoms with van der Waals surface area (Å²) in [5.74, 6) is 0.0671. The van der Waals surface area contributed by atoms with Gasteiger partial charge in [0.15, 0.2) is 0 Å².